The fourth-order valence-electron chi connectivity index (χ4n) is 2.15. The zero-order valence-electron chi connectivity index (χ0n) is 13.2. The second-order valence-electron chi connectivity index (χ2n) is 5.70. The van der Waals surface area contributed by atoms with Gasteiger partial charge in [-0.15, -0.1) is 0 Å². The molecule has 2 aromatic carbocycles. The SMILES string of the molecule is C[S@](=O)c1cccc(NC(=O)NC(C)(C)c2cccc(F)c2)c1. The Labute approximate surface area is 137 Å². The van der Waals surface area contributed by atoms with E-state index in [1.54, 1.807) is 56.5 Å². The fourth-order valence-corrected chi connectivity index (χ4v) is 2.71. The van der Waals surface area contributed by atoms with Crippen LogP contribution in [0.5, 0.6) is 0 Å². The van der Waals surface area contributed by atoms with Crippen LogP contribution in [0, 0.1) is 5.82 Å². The van der Waals surface area contributed by atoms with Crippen LogP contribution in [-0.4, -0.2) is 16.5 Å². The minimum Gasteiger partial charge on any atom is -0.329 e. The molecule has 0 saturated carbocycles. The van der Waals surface area contributed by atoms with E-state index in [2.05, 4.69) is 10.6 Å². The molecular formula is C17H19FN2O2S. The summed E-state index contributed by atoms with van der Waals surface area (Å²) in [4.78, 5) is 12.8. The lowest BCUT2D eigenvalue weighted by Crippen LogP contribution is -2.43. The summed E-state index contributed by atoms with van der Waals surface area (Å²) in [6.07, 6.45) is 1.58. The topological polar surface area (TPSA) is 58.2 Å². The van der Waals surface area contributed by atoms with Crippen LogP contribution >= 0.6 is 0 Å². The van der Waals surface area contributed by atoms with Crippen LogP contribution in [0.25, 0.3) is 0 Å². The van der Waals surface area contributed by atoms with Gasteiger partial charge in [-0.2, -0.15) is 0 Å². The largest absolute Gasteiger partial charge is 0.329 e. The van der Waals surface area contributed by atoms with Crippen molar-refractivity contribution in [1.82, 2.24) is 5.32 Å². The second kappa shape index (κ2) is 6.91. The van der Waals surface area contributed by atoms with Crippen LogP contribution in [0.2, 0.25) is 0 Å². The quantitative estimate of drug-likeness (QED) is 0.897. The van der Waals surface area contributed by atoms with Gasteiger partial charge in [0.1, 0.15) is 5.82 Å². The molecule has 6 heteroatoms. The van der Waals surface area contributed by atoms with E-state index < -0.39 is 22.4 Å². The van der Waals surface area contributed by atoms with Crippen molar-refractivity contribution < 1.29 is 13.4 Å². The van der Waals surface area contributed by atoms with Gasteiger partial charge in [-0.25, -0.2) is 9.18 Å². The van der Waals surface area contributed by atoms with Gasteiger partial charge >= 0.3 is 6.03 Å². The summed E-state index contributed by atoms with van der Waals surface area (Å²) in [5, 5.41) is 5.50. The van der Waals surface area contributed by atoms with Crippen molar-refractivity contribution >= 4 is 22.5 Å². The summed E-state index contributed by atoms with van der Waals surface area (Å²) in [6.45, 7) is 3.58. The number of anilines is 1. The first-order chi connectivity index (χ1) is 10.8. The molecule has 0 aliphatic rings. The molecule has 23 heavy (non-hydrogen) atoms. The molecule has 2 N–H and O–H groups in total. The molecule has 0 aliphatic carbocycles. The predicted molar refractivity (Wildman–Crippen MR) is 90.4 cm³/mol. The Morgan fingerprint density at radius 1 is 1.13 bits per heavy atom. The minimum absolute atomic E-state index is 0.351. The molecule has 0 fully saturated rings. The molecule has 2 rings (SSSR count). The molecule has 122 valence electrons. The number of carbonyl (C=O) groups is 1. The summed E-state index contributed by atoms with van der Waals surface area (Å²) in [5.41, 5.74) is 0.471. The number of amides is 2. The Bertz CT molecular complexity index is 747. The highest BCUT2D eigenvalue weighted by molar-refractivity contribution is 7.84. The van der Waals surface area contributed by atoms with Crippen molar-refractivity contribution in [3.8, 4) is 0 Å². The molecular weight excluding hydrogens is 315 g/mol. The second-order valence-corrected chi connectivity index (χ2v) is 7.08. The zero-order valence-corrected chi connectivity index (χ0v) is 14.0. The first-order valence-corrected chi connectivity index (χ1v) is 8.62. The standard InChI is InChI=1S/C17H19FN2O2S/c1-17(2,12-6-4-7-13(18)10-12)20-16(21)19-14-8-5-9-15(11-14)23(3)22/h4-11H,1-3H3,(H2,19,20,21)/t23-/m0/s1. The molecule has 0 unspecified atom stereocenters. The molecule has 0 aromatic heterocycles. The van der Waals surface area contributed by atoms with Crippen molar-refractivity contribution in [3.63, 3.8) is 0 Å². The first-order valence-electron chi connectivity index (χ1n) is 7.06. The van der Waals surface area contributed by atoms with Crippen molar-refractivity contribution in [3.05, 3.63) is 59.9 Å². The summed E-state index contributed by atoms with van der Waals surface area (Å²) in [6, 6.07) is 12.5. The Hall–Kier alpha value is -2.21. The van der Waals surface area contributed by atoms with Crippen LogP contribution in [0.1, 0.15) is 19.4 Å². The normalized spacial score (nSPS) is 12.5. The van der Waals surface area contributed by atoms with Gasteiger partial charge in [0.15, 0.2) is 0 Å². The highest BCUT2D eigenvalue weighted by Crippen LogP contribution is 2.21. The maximum Gasteiger partial charge on any atom is 0.319 e. The van der Waals surface area contributed by atoms with E-state index in [9.17, 15) is 13.4 Å². The fraction of sp³-hybridized carbons (Fsp3) is 0.235. The monoisotopic (exact) mass is 334 g/mol. The molecule has 0 saturated heterocycles. The number of hydrogen-bond acceptors (Lipinski definition) is 2. The predicted octanol–water partition coefficient (Wildman–Crippen LogP) is 3.62. The van der Waals surface area contributed by atoms with E-state index >= 15 is 0 Å². The molecule has 1 atom stereocenters. The van der Waals surface area contributed by atoms with Crippen molar-refractivity contribution in [2.24, 2.45) is 0 Å². The summed E-state index contributed by atoms with van der Waals surface area (Å²) >= 11 is 0. The van der Waals surface area contributed by atoms with Crippen LogP contribution in [0.4, 0.5) is 14.9 Å². The average molecular weight is 334 g/mol. The Kier molecular flexibility index (Phi) is 5.15. The van der Waals surface area contributed by atoms with Crippen molar-refractivity contribution in [1.29, 1.82) is 0 Å². The van der Waals surface area contributed by atoms with E-state index in [1.165, 1.54) is 12.1 Å². The van der Waals surface area contributed by atoms with Crippen LogP contribution in [-0.2, 0) is 16.3 Å². The summed E-state index contributed by atoms with van der Waals surface area (Å²) < 4.78 is 24.8. The Balaban J connectivity index is 2.09. The van der Waals surface area contributed by atoms with E-state index in [4.69, 9.17) is 0 Å². The molecule has 0 spiro atoms. The maximum absolute atomic E-state index is 13.3. The zero-order chi connectivity index (χ0) is 17.0. The third-order valence-electron chi connectivity index (χ3n) is 3.40. The number of benzene rings is 2. The maximum atomic E-state index is 13.3. The molecule has 0 heterocycles. The molecule has 2 aromatic rings. The van der Waals surface area contributed by atoms with Gasteiger partial charge in [0.2, 0.25) is 0 Å². The average Bonchev–Trinajstić information content (AvgIpc) is 2.46. The highest BCUT2D eigenvalue weighted by atomic mass is 32.2. The first kappa shape index (κ1) is 17.1. The van der Waals surface area contributed by atoms with Crippen molar-refractivity contribution in [2.75, 3.05) is 11.6 Å². The van der Waals surface area contributed by atoms with Gasteiger partial charge in [-0.1, -0.05) is 18.2 Å². The van der Waals surface area contributed by atoms with Crippen LogP contribution in [0.15, 0.2) is 53.4 Å². The third kappa shape index (κ3) is 4.63. The molecule has 2 amide bonds. The summed E-state index contributed by atoms with van der Waals surface area (Å²) in [7, 11) is -1.12. The smallest absolute Gasteiger partial charge is 0.319 e. The number of hydrogen-bond donors (Lipinski definition) is 2. The lowest BCUT2D eigenvalue weighted by Gasteiger charge is -2.27. The lowest BCUT2D eigenvalue weighted by atomic mass is 9.94. The number of urea groups is 1. The Morgan fingerprint density at radius 2 is 1.83 bits per heavy atom. The van der Waals surface area contributed by atoms with Gasteiger partial charge in [-0.3, -0.25) is 4.21 Å². The lowest BCUT2D eigenvalue weighted by molar-refractivity contribution is 0.241. The van der Waals surface area contributed by atoms with Gasteiger partial charge in [0.05, 0.1) is 5.54 Å². The van der Waals surface area contributed by atoms with Gasteiger partial charge < -0.3 is 10.6 Å². The molecule has 4 nitrogen and oxygen atoms in total. The summed E-state index contributed by atoms with van der Waals surface area (Å²) in [5.74, 6) is -0.351. The van der Waals surface area contributed by atoms with E-state index in [1.807, 2.05) is 0 Å². The van der Waals surface area contributed by atoms with Crippen LogP contribution < -0.4 is 10.6 Å². The number of rotatable bonds is 4. The van der Waals surface area contributed by atoms with E-state index in [0.29, 0.717) is 16.1 Å². The molecule has 0 aliphatic heterocycles. The third-order valence-corrected chi connectivity index (χ3v) is 4.31. The number of nitrogens with one attached hydrogen (secondary N) is 2. The number of carbonyl (C=O) groups excluding carboxylic acids is 1. The van der Waals surface area contributed by atoms with Gasteiger partial charge in [-0.05, 0) is 49.7 Å². The van der Waals surface area contributed by atoms with Crippen LogP contribution in [0.3, 0.4) is 0 Å². The number of halogens is 1. The van der Waals surface area contributed by atoms with E-state index in [0.717, 1.165) is 0 Å². The van der Waals surface area contributed by atoms with E-state index in [-0.39, 0.29) is 5.82 Å². The molecule has 0 radical (unpaired) electrons. The highest BCUT2D eigenvalue weighted by Gasteiger charge is 2.23. The minimum atomic E-state index is -1.12. The van der Waals surface area contributed by atoms with Gasteiger partial charge in [0.25, 0.3) is 0 Å². The van der Waals surface area contributed by atoms with Gasteiger partial charge in [0, 0.05) is 27.6 Å². The molecule has 0 bridgehead atoms. The Morgan fingerprint density at radius 3 is 2.48 bits per heavy atom. The van der Waals surface area contributed by atoms with Crippen molar-refractivity contribution in [2.45, 2.75) is 24.3 Å².